The number of hydrogen-bond donors (Lipinski definition) is 3. The van der Waals surface area contributed by atoms with Crippen molar-refractivity contribution in [1.82, 2.24) is 5.32 Å². The van der Waals surface area contributed by atoms with Crippen molar-refractivity contribution in [3.63, 3.8) is 0 Å². The maximum Gasteiger partial charge on any atom is 0.337 e. The fourth-order valence-corrected chi connectivity index (χ4v) is 2.18. The third kappa shape index (κ3) is 3.91. The normalized spacial score (nSPS) is 17.0. The van der Waals surface area contributed by atoms with Crippen LogP contribution in [0.25, 0.3) is 0 Å². The molecule has 1 aliphatic heterocycles. The van der Waals surface area contributed by atoms with Crippen LogP contribution in [0.4, 0.5) is 14.9 Å². The predicted octanol–water partition coefficient (Wildman–Crippen LogP) is 2.21. The van der Waals surface area contributed by atoms with Crippen LogP contribution in [0.1, 0.15) is 30.1 Å². The van der Waals surface area contributed by atoms with Crippen LogP contribution in [0.15, 0.2) is 18.2 Å². The van der Waals surface area contributed by atoms with Gasteiger partial charge in [-0.25, -0.2) is 14.0 Å². The van der Waals surface area contributed by atoms with Gasteiger partial charge >= 0.3 is 12.0 Å². The molecule has 1 heterocycles. The summed E-state index contributed by atoms with van der Waals surface area (Å²) in [6, 6.07) is 2.57. The van der Waals surface area contributed by atoms with E-state index in [1.807, 2.05) is 6.92 Å². The van der Waals surface area contributed by atoms with Crippen molar-refractivity contribution in [2.75, 3.05) is 18.5 Å². The minimum Gasteiger partial charge on any atom is -0.478 e. The molecule has 1 saturated heterocycles. The summed E-state index contributed by atoms with van der Waals surface area (Å²) in [7, 11) is 0. The second-order valence-corrected chi connectivity index (χ2v) is 5.25. The zero-order valence-corrected chi connectivity index (χ0v) is 11.6. The minimum absolute atomic E-state index is 0.0735. The van der Waals surface area contributed by atoms with Gasteiger partial charge < -0.3 is 20.5 Å². The topological polar surface area (TPSA) is 87.7 Å². The SMILES string of the molecule is CC1(NC(=O)Nc2cc(F)ccc2C(=O)O)CCOCC1. The summed E-state index contributed by atoms with van der Waals surface area (Å²) in [4.78, 5) is 23.1. The Bertz CT molecular complexity index is 556. The number of ether oxygens (including phenoxy) is 1. The summed E-state index contributed by atoms with van der Waals surface area (Å²) >= 11 is 0. The number of hydrogen-bond acceptors (Lipinski definition) is 3. The molecule has 2 rings (SSSR count). The van der Waals surface area contributed by atoms with Crippen molar-refractivity contribution < 1.29 is 23.8 Å². The molecule has 0 saturated carbocycles. The van der Waals surface area contributed by atoms with Gasteiger partial charge in [0.2, 0.25) is 0 Å². The van der Waals surface area contributed by atoms with Gasteiger partial charge in [-0.3, -0.25) is 0 Å². The number of rotatable bonds is 3. The maximum atomic E-state index is 13.2. The predicted molar refractivity (Wildman–Crippen MR) is 74.0 cm³/mol. The van der Waals surface area contributed by atoms with Gasteiger partial charge in [0.25, 0.3) is 0 Å². The second kappa shape index (κ2) is 6.09. The Labute approximate surface area is 121 Å². The van der Waals surface area contributed by atoms with Gasteiger partial charge in [-0.1, -0.05) is 0 Å². The molecular weight excluding hydrogens is 279 g/mol. The number of carbonyl (C=O) groups excluding carboxylic acids is 1. The van der Waals surface area contributed by atoms with Gasteiger partial charge in [0.1, 0.15) is 5.82 Å². The van der Waals surface area contributed by atoms with Crippen molar-refractivity contribution in [3.8, 4) is 0 Å². The Morgan fingerprint density at radius 2 is 2.00 bits per heavy atom. The first-order chi connectivity index (χ1) is 9.89. The Balaban J connectivity index is 2.09. The fourth-order valence-electron chi connectivity index (χ4n) is 2.18. The minimum atomic E-state index is -1.23. The molecule has 0 radical (unpaired) electrons. The molecule has 1 aromatic rings. The van der Waals surface area contributed by atoms with Crippen molar-refractivity contribution in [1.29, 1.82) is 0 Å². The number of urea groups is 1. The lowest BCUT2D eigenvalue weighted by Crippen LogP contribution is -2.51. The first-order valence-corrected chi connectivity index (χ1v) is 6.59. The van der Waals surface area contributed by atoms with E-state index in [4.69, 9.17) is 9.84 Å². The van der Waals surface area contributed by atoms with E-state index in [1.165, 1.54) is 0 Å². The Morgan fingerprint density at radius 3 is 2.62 bits per heavy atom. The molecule has 0 bridgehead atoms. The molecule has 0 atom stereocenters. The second-order valence-electron chi connectivity index (χ2n) is 5.25. The molecule has 2 amide bonds. The number of amides is 2. The zero-order valence-electron chi connectivity index (χ0n) is 11.6. The van der Waals surface area contributed by atoms with Crippen molar-refractivity contribution in [2.45, 2.75) is 25.3 Å². The van der Waals surface area contributed by atoms with Crippen molar-refractivity contribution in [3.05, 3.63) is 29.6 Å². The quantitative estimate of drug-likeness (QED) is 0.798. The number of anilines is 1. The van der Waals surface area contributed by atoms with E-state index in [2.05, 4.69) is 10.6 Å². The first-order valence-electron chi connectivity index (χ1n) is 6.59. The molecule has 21 heavy (non-hydrogen) atoms. The van der Waals surface area contributed by atoms with Gasteiger partial charge in [-0.05, 0) is 38.0 Å². The standard InChI is InChI=1S/C14H17FN2O4/c1-14(4-6-21-7-5-14)17-13(20)16-11-8-9(15)2-3-10(11)12(18)19/h2-3,8H,4-7H2,1H3,(H,18,19)(H2,16,17,20). The van der Waals surface area contributed by atoms with E-state index >= 15 is 0 Å². The van der Waals surface area contributed by atoms with Crippen LogP contribution in [-0.2, 0) is 4.74 Å². The van der Waals surface area contributed by atoms with Crippen LogP contribution >= 0.6 is 0 Å². The molecule has 7 heteroatoms. The molecule has 114 valence electrons. The Morgan fingerprint density at radius 1 is 1.33 bits per heavy atom. The number of benzene rings is 1. The van der Waals surface area contributed by atoms with Gasteiger partial charge in [0, 0.05) is 18.8 Å². The Hall–Kier alpha value is -2.15. The number of nitrogens with one attached hydrogen (secondary N) is 2. The van der Waals surface area contributed by atoms with Gasteiger partial charge in [0.15, 0.2) is 0 Å². The summed E-state index contributed by atoms with van der Waals surface area (Å²) in [5, 5.41) is 14.2. The van der Waals surface area contributed by atoms with Crippen LogP contribution < -0.4 is 10.6 Å². The van der Waals surface area contributed by atoms with E-state index in [1.54, 1.807) is 0 Å². The largest absolute Gasteiger partial charge is 0.478 e. The summed E-state index contributed by atoms with van der Waals surface area (Å²) in [6.45, 7) is 2.99. The third-order valence-corrected chi connectivity index (χ3v) is 3.47. The molecule has 6 nitrogen and oxygen atoms in total. The lowest BCUT2D eigenvalue weighted by Gasteiger charge is -2.34. The van der Waals surface area contributed by atoms with Crippen LogP contribution in [0.5, 0.6) is 0 Å². The van der Waals surface area contributed by atoms with Crippen LogP contribution in [0.3, 0.4) is 0 Å². The molecule has 1 fully saturated rings. The molecule has 0 aromatic heterocycles. The lowest BCUT2D eigenvalue weighted by atomic mass is 9.93. The van der Waals surface area contributed by atoms with Gasteiger partial charge in [-0.2, -0.15) is 0 Å². The van der Waals surface area contributed by atoms with Crippen LogP contribution in [0.2, 0.25) is 0 Å². The summed E-state index contributed by atoms with van der Waals surface area (Å²) in [5.41, 5.74) is -0.654. The maximum absolute atomic E-state index is 13.2. The number of halogens is 1. The highest BCUT2D eigenvalue weighted by Gasteiger charge is 2.29. The fraction of sp³-hybridized carbons (Fsp3) is 0.429. The zero-order chi connectivity index (χ0) is 15.5. The highest BCUT2D eigenvalue weighted by atomic mass is 19.1. The molecule has 0 unspecified atom stereocenters. The van der Waals surface area contributed by atoms with Crippen LogP contribution in [0, 0.1) is 5.82 Å². The number of carboxylic acids is 1. The van der Waals surface area contributed by atoms with Crippen molar-refractivity contribution >= 4 is 17.7 Å². The van der Waals surface area contributed by atoms with E-state index in [0.29, 0.717) is 26.1 Å². The molecule has 3 N–H and O–H groups in total. The monoisotopic (exact) mass is 296 g/mol. The van der Waals surface area contributed by atoms with E-state index in [-0.39, 0.29) is 11.3 Å². The third-order valence-electron chi connectivity index (χ3n) is 3.47. The highest BCUT2D eigenvalue weighted by molar-refractivity contribution is 6.00. The highest BCUT2D eigenvalue weighted by Crippen LogP contribution is 2.21. The van der Waals surface area contributed by atoms with E-state index in [0.717, 1.165) is 18.2 Å². The van der Waals surface area contributed by atoms with E-state index in [9.17, 15) is 14.0 Å². The first kappa shape index (κ1) is 15.2. The smallest absolute Gasteiger partial charge is 0.337 e. The number of aromatic carboxylic acids is 1. The van der Waals surface area contributed by atoms with Gasteiger partial charge in [-0.15, -0.1) is 0 Å². The summed E-state index contributed by atoms with van der Waals surface area (Å²) in [5.74, 6) is -1.85. The average molecular weight is 296 g/mol. The summed E-state index contributed by atoms with van der Waals surface area (Å²) in [6.07, 6.45) is 1.32. The molecule has 1 aromatic carbocycles. The van der Waals surface area contributed by atoms with Crippen molar-refractivity contribution in [2.24, 2.45) is 0 Å². The van der Waals surface area contributed by atoms with Crippen LogP contribution in [-0.4, -0.2) is 35.9 Å². The Kier molecular flexibility index (Phi) is 4.42. The van der Waals surface area contributed by atoms with Gasteiger partial charge in [0.05, 0.1) is 11.3 Å². The molecule has 0 aliphatic carbocycles. The van der Waals surface area contributed by atoms with E-state index < -0.39 is 23.4 Å². The average Bonchev–Trinajstić information content (AvgIpc) is 2.38. The lowest BCUT2D eigenvalue weighted by molar-refractivity contribution is 0.0499. The molecule has 1 aliphatic rings. The number of carboxylic acid groups (broad SMARTS) is 1. The number of carbonyl (C=O) groups is 2. The summed E-state index contributed by atoms with van der Waals surface area (Å²) < 4.78 is 18.4. The molecule has 0 spiro atoms. The molecular formula is C14H17FN2O4.